The van der Waals surface area contributed by atoms with Gasteiger partial charge >= 0.3 is 6.55 Å². The van der Waals surface area contributed by atoms with Gasteiger partial charge in [0.05, 0.1) is 12.1 Å². The molecule has 0 aromatic carbocycles. The van der Waals surface area contributed by atoms with E-state index in [1.807, 2.05) is 6.92 Å². The van der Waals surface area contributed by atoms with Gasteiger partial charge in [-0.3, -0.25) is 9.36 Å². The largest absolute Gasteiger partial charge is 0.337 e. The Hall–Kier alpha value is -1.21. The van der Waals surface area contributed by atoms with Crippen LogP contribution in [0.15, 0.2) is 12.4 Å². The maximum Gasteiger partial charge on any atom is 0.319 e. The Kier molecular flexibility index (Phi) is 7.08. The molecule has 0 saturated heterocycles. The lowest BCUT2D eigenvalue weighted by Crippen LogP contribution is -2.51. The lowest BCUT2D eigenvalue weighted by molar-refractivity contribution is -0.136. The van der Waals surface area contributed by atoms with E-state index in [4.69, 9.17) is 5.73 Å². The van der Waals surface area contributed by atoms with Crippen LogP contribution in [0.25, 0.3) is 0 Å². The van der Waals surface area contributed by atoms with E-state index in [2.05, 4.69) is 4.98 Å². The van der Waals surface area contributed by atoms with Gasteiger partial charge < -0.3 is 10.6 Å². The van der Waals surface area contributed by atoms with Gasteiger partial charge in [-0.2, -0.15) is 8.78 Å². The van der Waals surface area contributed by atoms with Gasteiger partial charge in [-0.25, -0.2) is 4.98 Å². The van der Waals surface area contributed by atoms with E-state index < -0.39 is 12.1 Å². The van der Waals surface area contributed by atoms with Gasteiger partial charge in [0.15, 0.2) is 0 Å². The molecule has 1 aromatic heterocycles. The van der Waals surface area contributed by atoms with Gasteiger partial charge in [0.25, 0.3) is 0 Å². The summed E-state index contributed by atoms with van der Waals surface area (Å²) < 4.78 is 26.1. The number of carbonyl (C=O) groups is 1. The topological polar surface area (TPSA) is 64.2 Å². The lowest BCUT2D eigenvalue weighted by atomic mass is 9.96. The van der Waals surface area contributed by atoms with Crippen molar-refractivity contribution < 1.29 is 13.6 Å². The van der Waals surface area contributed by atoms with Crippen molar-refractivity contribution >= 4 is 18.3 Å². The molecule has 20 heavy (non-hydrogen) atoms. The third kappa shape index (κ3) is 4.42. The Bertz CT molecular complexity index is 437. The fraction of sp³-hybridized carbons (Fsp3) is 0.667. The number of rotatable bonds is 6. The van der Waals surface area contributed by atoms with Gasteiger partial charge in [-0.05, 0) is 13.3 Å². The Balaban J connectivity index is 0.00000361. The van der Waals surface area contributed by atoms with Gasteiger partial charge in [0, 0.05) is 19.4 Å². The van der Waals surface area contributed by atoms with E-state index in [0.717, 1.165) is 11.0 Å². The molecular formula is C12H21ClF2N4O. The van der Waals surface area contributed by atoms with E-state index in [-0.39, 0.29) is 30.7 Å². The highest BCUT2D eigenvalue weighted by Gasteiger charge is 2.30. The Morgan fingerprint density at radius 1 is 1.60 bits per heavy atom. The van der Waals surface area contributed by atoms with Crippen molar-refractivity contribution in [2.24, 2.45) is 5.73 Å². The second-order valence-electron chi connectivity index (χ2n) is 4.86. The predicted octanol–water partition coefficient (Wildman–Crippen LogP) is 2.18. The maximum atomic E-state index is 12.7. The number of alkyl halides is 2. The zero-order chi connectivity index (χ0) is 14.6. The third-order valence-corrected chi connectivity index (χ3v) is 2.94. The van der Waals surface area contributed by atoms with Crippen molar-refractivity contribution in [1.29, 1.82) is 0 Å². The average Bonchev–Trinajstić information content (AvgIpc) is 2.76. The van der Waals surface area contributed by atoms with Crippen LogP contribution in [0.2, 0.25) is 0 Å². The van der Waals surface area contributed by atoms with Gasteiger partial charge in [0.1, 0.15) is 5.82 Å². The van der Waals surface area contributed by atoms with Crippen molar-refractivity contribution in [1.82, 2.24) is 14.5 Å². The first-order valence-electron chi connectivity index (χ1n) is 6.14. The van der Waals surface area contributed by atoms with E-state index in [0.29, 0.717) is 6.42 Å². The average molecular weight is 311 g/mol. The van der Waals surface area contributed by atoms with Crippen LogP contribution in [-0.4, -0.2) is 32.9 Å². The van der Waals surface area contributed by atoms with Crippen LogP contribution in [0.3, 0.4) is 0 Å². The Labute approximate surface area is 123 Å². The molecule has 0 radical (unpaired) electrons. The molecule has 1 amide bonds. The van der Waals surface area contributed by atoms with Crippen LogP contribution in [0.5, 0.6) is 0 Å². The van der Waals surface area contributed by atoms with Crippen molar-refractivity contribution in [2.75, 3.05) is 7.05 Å². The molecule has 1 heterocycles. The second kappa shape index (κ2) is 7.54. The number of imidazole rings is 1. The summed E-state index contributed by atoms with van der Waals surface area (Å²) in [5.41, 5.74) is 4.95. The highest BCUT2D eigenvalue weighted by molar-refractivity contribution is 5.85. The van der Waals surface area contributed by atoms with E-state index in [1.54, 1.807) is 6.92 Å². The molecule has 1 aromatic rings. The standard InChI is InChI=1S/C12H20F2N4O.ClH/c1-4-5-12(2,15)10(19)17(3)8-9-16-6-7-18(9)11(13)14;/h6-7,11H,4-5,8,15H2,1-3H3;1H. The minimum absolute atomic E-state index is 0. The molecule has 0 saturated carbocycles. The smallest absolute Gasteiger partial charge is 0.319 e. The molecule has 0 aliphatic carbocycles. The van der Waals surface area contributed by atoms with Crippen LogP contribution in [0, 0.1) is 0 Å². The number of halogens is 3. The number of hydrogen-bond acceptors (Lipinski definition) is 3. The normalized spacial score (nSPS) is 13.8. The summed E-state index contributed by atoms with van der Waals surface area (Å²) in [5.74, 6) is -0.142. The second-order valence-corrected chi connectivity index (χ2v) is 4.86. The van der Waals surface area contributed by atoms with Crippen LogP contribution >= 0.6 is 12.4 Å². The van der Waals surface area contributed by atoms with E-state index in [1.165, 1.54) is 24.3 Å². The van der Waals surface area contributed by atoms with Crippen LogP contribution in [-0.2, 0) is 11.3 Å². The quantitative estimate of drug-likeness (QED) is 0.876. The maximum absolute atomic E-state index is 12.7. The van der Waals surface area contributed by atoms with Crippen molar-refractivity contribution in [3.05, 3.63) is 18.2 Å². The number of likely N-dealkylation sites (N-methyl/N-ethyl adjacent to an activating group) is 1. The predicted molar refractivity (Wildman–Crippen MR) is 74.7 cm³/mol. The zero-order valence-electron chi connectivity index (χ0n) is 11.8. The fourth-order valence-corrected chi connectivity index (χ4v) is 1.99. The molecule has 0 spiro atoms. The first kappa shape index (κ1) is 18.8. The Morgan fingerprint density at radius 2 is 2.20 bits per heavy atom. The van der Waals surface area contributed by atoms with Crippen LogP contribution in [0.4, 0.5) is 8.78 Å². The molecule has 8 heteroatoms. The molecule has 2 N–H and O–H groups in total. The molecule has 0 aliphatic heterocycles. The first-order chi connectivity index (χ1) is 8.79. The summed E-state index contributed by atoms with van der Waals surface area (Å²) in [4.78, 5) is 17.3. The van der Waals surface area contributed by atoms with Crippen LogP contribution in [0.1, 0.15) is 39.1 Å². The monoisotopic (exact) mass is 310 g/mol. The number of hydrogen-bond donors (Lipinski definition) is 1. The molecule has 1 rings (SSSR count). The number of nitrogens with zero attached hydrogens (tertiary/aromatic N) is 3. The number of carbonyl (C=O) groups excluding carboxylic acids is 1. The molecule has 0 fully saturated rings. The number of nitrogens with two attached hydrogens (primary N) is 1. The van der Waals surface area contributed by atoms with E-state index >= 15 is 0 Å². The summed E-state index contributed by atoms with van der Waals surface area (Å²) in [7, 11) is 1.54. The molecule has 0 bridgehead atoms. The summed E-state index contributed by atoms with van der Waals surface area (Å²) in [6.07, 6.45) is 3.79. The van der Waals surface area contributed by atoms with Crippen molar-refractivity contribution in [3.63, 3.8) is 0 Å². The van der Waals surface area contributed by atoms with Gasteiger partial charge in [-0.15, -0.1) is 12.4 Å². The van der Waals surface area contributed by atoms with Crippen LogP contribution < -0.4 is 5.73 Å². The van der Waals surface area contributed by atoms with Crippen molar-refractivity contribution in [2.45, 2.75) is 45.3 Å². The summed E-state index contributed by atoms with van der Waals surface area (Å²) in [6.45, 7) is 0.921. The molecule has 116 valence electrons. The van der Waals surface area contributed by atoms with Gasteiger partial charge in [0.2, 0.25) is 5.91 Å². The zero-order valence-corrected chi connectivity index (χ0v) is 12.7. The van der Waals surface area contributed by atoms with Gasteiger partial charge in [-0.1, -0.05) is 13.3 Å². The molecule has 0 aliphatic rings. The third-order valence-electron chi connectivity index (χ3n) is 2.94. The number of aromatic nitrogens is 2. The summed E-state index contributed by atoms with van der Waals surface area (Å²) in [5, 5.41) is 0. The molecule has 1 unspecified atom stereocenters. The Morgan fingerprint density at radius 3 is 2.70 bits per heavy atom. The first-order valence-corrected chi connectivity index (χ1v) is 6.14. The highest BCUT2D eigenvalue weighted by atomic mass is 35.5. The SMILES string of the molecule is CCCC(C)(N)C(=O)N(C)Cc1nccn1C(F)F.Cl. The van der Waals surface area contributed by atoms with E-state index in [9.17, 15) is 13.6 Å². The molecule has 1 atom stereocenters. The van der Waals surface area contributed by atoms with Crippen molar-refractivity contribution in [3.8, 4) is 0 Å². The minimum Gasteiger partial charge on any atom is -0.337 e. The summed E-state index contributed by atoms with van der Waals surface area (Å²) in [6, 6.07) is 0. The highest BCUT2D eigenvalue weighted by Crippen LogP contribution is 2.16. The summed E-state index contributed by atoms with van der Waals surface area (Å²) >= 11 is 0. The lowest BCUT2D eigenvalue weighted by Gasteiger charge is -2.28. The number of amides is 1. The minimum atomic E-state index is -2.67. The molecule has 5 nitrogen and oxygen atoms in total. The molecular weight excluding hydrogens is 290 g/mol. The fourth-order valence-electron chi connectivity index (χ4n) is 1.99.